The average molecular weight is 410 g/mol. The third kappa shape index (κ3) is 4.17. The second kappa shape index (κ2) is 8.36. The summed E-state index contributed by atoms with van der Waals surface area (Å²) < 4.78 is 28.7. The normalized spacial score (nSPS) is 16.0. The molecular weight excluding hydrogens is 391 g/mol. The minimum Gasteiger partial charge on any atom is -0.497 e. The van der Waals surface area contributed by atoms with Crippen molar-refractivity contribution >= 4 is 17.6 Å². The SMILES string of the molecule is COc1ccc(N2CC(C(=O)OCc3cc(-c4ccc(F)cc4)on3)CC2=O)cc1. The van der Waals surface area contributed by atoms with Gasteiger partial charge in [-0.15, -0.1) is 0 Å². The highest BCUT2D eigenvalue weighted by Gasteiger charge is 2.36. The second-order valence-electron chi connectivity index (χ2n) is 6.90. The highest BCUT2D eigenvalue weighted by molar-refractivity contribution is 5.99. The predicted molar refractivity (Wildman–Crippen MR) is 105 cm³/mol. The van der Waals surface area contributed by atoms with E-state index in [4.69, 9.17) is 14.0 Å². The summed E-state index contributed by atoms with van der Waals surface area (Å²) in [5.74, 6) is -0.366. The van der Waals surface area contributed by atoms with Gasteiger partial charge in [-0.05, 0) is 48.5 Å². The summed E-state index contributed by atoms with van der Waals surface area (Å²) in [6.45, 7) is 0.181. The molecule has 154 valence electrons. The summed E-state index contributed by atoms with van der Waals surface area (Å²) >= 11 is 0. The first-order valence-corrected chi connectivity index (χ1v) is 9.36. The number of methoxy groups -OCH3 is 1. The summed E-state index contributed by atoms with van der Waals surface area (Å²) in [7, 11) is 1.57. The fourth-order valence-corrected chi connectivity index (χ4v) is 3.27. The molecule has 0 N–H and O–H groups in total. The van der Waals surface area contributed by atoms with Gasteiger partial charge in [0.1, 0.15) is 23.9 Å². The molecule has 0 saturated carbocycles. The Morgan fingerprint density at radius 3 is 2.63 bits per heavy atom. The Balaban J connectivity index is 1.34. The first-order valence-electron chi connectivity index (χ1n) is 9.36. The first kappa shape index (κ1) is 19.6. The van der Waals surface area contributed by atoms with Crippen LogP contribution in [0.1, 0.15) is 12.1 Å². The van der Waals surface area contributed by atoms with Gasteiger partial charge in [0, 0.05) is 30.3 Å². The molecule has 7 nitrogen and oxygen atoms in total. The van der Waals surface area contributed by atoms with Crippen LogP contribution >= 0.6 is 0 Å². The van der Waals surface area contributed by atoms with Crippen LogP contribution in [0.3, 0.4) is 0 Å². The number of nitrogens with zero attached hydrogens (tertiary/aromatic N) is 2. The maximum absolute atomic E-state index is 13.0. The van der Waals surface area contributed by atoms with E-state index < -0.39 is 11.9 Å². The molecule has 0 radical (unpaired) electrons. The number of hydrogen-bond donors (Lipinski definition) is 0. The second-order valence-corrected chi connectivity index (χ2v) is 6.90. The van der Waals surface area contributed by atoms with Crippen LogP contribution in [0.25, 0.3) is 11.3 Å². The Hall–Kier alpha value is -3.68. The van der Waals surface area contributed by atoms with Crippen molar-refractivity contribution in [1.82, 2.24) is 5.16 Å². The van der Waals surface area contributed by atoms with Gasteiger partial charge in [-0.3, -0.25) is 9.59 Å². The average Bonchev–Trinajstić information content (AvgIpc) is 3.39. The molecule has 4 rings (SSSR count). The van der Waals surface area contributed by atoms with E-state index in [9.17, 15) is 14.0 Å². The quantitative estimate of drug-likeness (QED) is 0.578. The van der Waals surface area contributed by atoms with Crippen molar-refractivity contribution < 1.29 is 28.0 Å². The summed E-state index contributed by atoms with van der Waals surface area (Å²) in [5, 5.41) is 3.87. The predicted octanol–water partition coefficient (Wildman–Crippen LogP) is 3.59. The molecule has 0 bridgehead atoms. The van der Waals surface area contributed by atoms with Crippen LogP contribution in [0.15, 0.2) is 59.1 Å². The monoisotopic (exact) mass is 410 g/mol. The van der Waals surface area contributed by atoms with Crippen LogP contribution in [-0.2, 0) is 20.9 Å². The van der Waals surface area contributed by atoms with Crippen LogP contribution in [0, 0.1) is 11.7 Å². The number of carbonyl (C=O) groups excluding carboxylic acids is 2. The van der Waals surface area contributed by atoms with E-state index in [0.717, 1.165) is 0 Å². The third-order valence-electron chi connectivity index (χ3n) is 4.89. The molecular formula is C22H19FN2O5. The number of ether oxygens (including phenoxy) is 2. The van der Waals surface area contributed by atoms with Crippen molar-refractivity contribution in [3.63, 3.8) is 0 Å². The zero-order chi connectivity index (χ0) is 21.1. The first-order chi connectivity index (χ1) is 14.5. The van der Waals surface area contributed by atoms with Gasteiger partial charge >= 0.3 is 5.97 Å². The minimum atomic E-state index is -0.553. The number of benzene rings is 2. The highest BCUT2D eigenvalue weighted by Crippen LogP contribution is 2.28. The lowest BCUT2D eigenvalue weighted by molar-refractivity contribution is -0.149. The number of hydrogen-bond acceptors (Lipinski definition) is 6. The Morgan fingerprint density at radius 2 is 1.93 bits per heavy atom. The Morgan fingerprint density at radius 1 is 1.20 bits per heavy atom. The summed E-state index contributed by atoms with van der Waals surface area (Å²) in [6.07, 6.45) is 0.0878. The lowest BCUT2D eigenvalue weighted by atomic mass is 10.1. The molecule has 0 spiro atoms. The van der Waals surface area contributed by atoms with Gasteiger partial charge in [-0.25, -0.2) is 4.39 Å². The van der Waals surface area contributed by atoms with Crippen LogP contribution in [0.2, 0.25) is 0 Å². The molecule has 1 aromatic heterocycles. The smallest absolute Gasteiger partial charge is 0.311 e. The number of amides is 1. The molecule has 1 aliphatic rings. The summed E-state index contributed by atoms with van der Waals surface area (Å²) in [6, 6.07) is 14.5. The molecule has 1 saturated heterocycles. The summed E-state index contributed by atoms with van der Waals surface area (Å²) in [4.78, 5) is 26.3. The van der Waals surface area contributed by atoms with Crippen molar-refractivity contribution in [3.8, 4) is 17.1 Å². The molecule has 1 fully saturated rings. The van der Waals surface area contributed by atoms with E-state index in [-0.39, 0.29) is 31.3 Å². The Bertz CT molecular complexity index is 1050. The molecule has 2 heterocycles. The number of anilines is 1. The zero-order valence-corrected chi connectivity index (χ0v) is 16.2. The minimum absolute atomic E-state index is 0.0727. The molecule has 1 unspecified atom stereocenters. The summed E-state index contributed by atoms with van der Waals surface area (Å²) in [5.41, 5.74) is 1.80. The molecule has 3 aromatic rings. The van der Waals surface area contributed by atoms with Crippen molar-refractivity contribution in [3.05, 3.63) is 66.1 Å². The fraction of sp³-hybridized carbons (Fsp3) is 0.227. The van der Waals surface area contributed by atoms with Crippen LogP contribution in [0.4, 0.5) is 10.1 Å². The van der Waals surface area contributed by atoms with E-state index in [1.807, 2.05) is 0 Å². The maximum atomic E-state index is 13.0. The van der Waals surface area contributed by atoms with Crippen LogP contribution < -0.4 is 9.64 Å². The lowest BCUT2D eigenvalue weighted by Gasteiger charge is -2.16. The van der Waals surface area contributed by atoms with E-state index in [1.54, 1.807) is 54.5 Å². The van der Waals surface area contributed by atoms with Crippen LogP contribution in [-0.4, -0.2) is 30.7 Å². The van der Waals surface area contributed by atoms with Crippen molar-refractivity contribution in [1.29, 1.82) is 0 Å². The largest absolute Gasteiger partial charge is 0.497 e. The number of carbonyl (C=O) groups is 2. The molecule has 1 aliphatic heterocycles. The van der Waals surface area contributed by atoms with Gasteiger partial charge in [-0.2, -0.15) is 0 Å². The van der Waals surface area contributed by atoms with Gasteiger partial charge in [-0.1, -0.05) is 5.16 Å². The molecule has 8 heteroatoms. The number of esters is 1. The molecule has 0 aliphatic carbocycles. The molecule has 1 amide bonds. The van der Waals surface area contributed by atoms with E-state index in [0.29, 0.717) is 28.5 Å². The molecule has 1 atom stereocenters. The lowest BCUT2D eigenvalue weighted by Crippen LogP contribution is -2.26. The molecule has 30 heavy (non-hydrogen) atoms. The van der Waals surface area contributed by atoms with Gasteiger partial charge in [0.05, 0.1) is 13.0 Å². The maximum Gasteiger partial charge on any atom is 0.311 e. The zero-order valence-electron chi connectivity index (χ0n) is 16.2. The third-order valence-corrected chi connectivity index (χ3v) is 4.89. The number of halogens is 1. The standard InChI is InChI=1S/C22H19FN2O5/c1-28-19-8-6-18(7-9-19)25-12-15(10-21(25)26)22(27)29-13-17-11-20(30-24-17)14-2-4-16(23)5-3-14/h2-9,11,15H,10,12-13H2,1H3. The van der Waals surface area contributed by atoms with Gasteiger partial charge in [0.25, 0.3) is 0 Å². The van der Waals surface area contributed by atoms with Crippen LogP contribution in [0.5, 0.6) is 5.75 Å². The van der Waals surface area contributed by atoms with Gasteiger partial charge in [0.15, 0.2) is 5.76 Å². The topological polar surface area (TPSA) is 81.9 Å². The Kier molecular flexibility index (Phi) is 5.47. The number of aromatic nitrogens is 1. The van der Waals surface area contributed by atoms with Gasteiger partial charge < -0.3 is 18.9 Å². The van der Waals surface area contributed by atoms with Crippen molar-refractivity contribution in [2.24, 2.45) is 5.92 Å². The van der Waals surface area contributed by atoms with Crippen molar-refractivity contribution in [2.45, 2.75) is 13.0 Å². The van der Waals surface area contributed by atoms with Gasteiger partial charge in [0.2, 0.25) is 5.91 Å². The van der Waals surface area contributed by atoms with E-state index in [2.05, 4.69) is 5.16 Å². The Labute approximate surface area is 172 Å². The molecule has 2 aromatic carbocycles. The number of rotatable bonds is 6. The fourth-order valence-electron chi connectivity index (χ4n) is 3.27. The highest BCUT2D eigenvalue weighted by atomic mass is 19.1. The van der Waals surface area contributed by atoms with E-state index >= 15 is 0 Å². The van der Waals surface area contributed by atoms with E-state index in [1.165, 1.54) is 12.1 Å². The van der Waals surface area contributed by atoms with Crippen molar-refractivity contribution in [2.75, 3.05) is 18.6 Å².